The quantitative estimate of drug-likeness (QED) is 0.577. The maximum Gasteiger partial charge on any atom is 0.340 e. The molecule has 7 heteroatoms. The molecule has 29 heavy (non-hydrogen) atoms. The molecular weight excluding hydrogens is 386 g/mol. The second-order valence-corrected chi connectivity index (χ2v) is 7.77. The summed E-state index contributed by atoms with van der Waals surface area (Å²) in [5, 5.41) is 13.0. The predicted molar refractivity (Wildman–Crippen MR) is 111 cm³/mol. The van der Waals surface area contributed by atoms with Crippen molar-refractivity contribution < 1.29 is 14.3 Å². The van der Waals surface area contributed by atoms with Crippen molar-refractivity contribution in [2.75, 3.05) is 12.4 Å². The number of hydrogen-bond donors (Lipinski definition) is 1. The second kappa shape index (κ2) is 9.57. The third-order valence-corrected chi connectivity index (χ3v) is 5.83. The van der Waals surface area contributed by atoms with Gasteiger partial charge in [-0.3, -0.25) is 4.79 Å². The number of nitrogens with one attached hydrogen (secondary N) is 1. The molecule has 1 aromatic carbocycles. The zero-order valence-corrected chi connectivity index (χ0v) is 17.3. The molecule has 0 radical (unpaired) electrons. The predicted octanol–water partition coefficient (Wildman–Crippen LogP) is 3.72. The number of fused-ring (bicyclic) bond motifs is 1. The molecule has 1 heterocycles. The first-order chi connectivity index (χ1) is 14.0. The molecule has 0 fully saturated rings. The Morgan fingerprint density at radius 2 is 2.17 bits per heavy atom. The molecular formula is C22H23N3O3S. The highest BCUT2D eigenvalue weighted by Crippen LogP contribution is 2.30. The van der Waals surface area contributed by atoms with Gasteiger partial charge < -0.3 is 10.1 Å². The number of pyridine rings is 1. The fourth-order valence-electron chi connectivity index (χ4n) is 3.46. The Hall–Kier alpha value is -2.85. The van der Waals surface area contributed by atoms with Gasteiger partial charge >= 0.3 is 5.97 Å². The van der Waals surface area contributed by atoms with Gasteiger partial charge in [0.2, 0.25) is 5.91 Å². The van der Waals surface area contributed by atoms with Crippen LogP contribution in [-0.2, 0) is 16.0 Å². The third kappa shape index (κ3) is 4.96. The Kier molecular flexibility index (Phi) is 6.89. The number of aryl methyl sites for hydroxylation is 2. The van der Waals surface area contributed by atoms with Crippen LogP contribution in [0.3, 0.4) is 0 Å². The third-order valence-electron chi connectivity index (χ3n) is 4.84. The summed E-state index contributed by atoms with van der Waals surface area (Å²) in [7, 11) is 0. The lowest BCUT2D eigenvalue weighted by molar-refractivity contribution is -0.119. The van der Waals surface area contributed by atoms with Crippen LogP contribution >= 0.6 is 11.8 Å². The number of thioether (sulfide) groups is 1. The first-order valence-corrected chi connectivity index (χ1v) is 10.6. The first kappa shape index (κ1) is 20.9. The highest BCUT2D eigenvalue weighted by molar-refractivity contribution is 8.00. The molecule has 6 nitrogen and oxygen atoms in total. The number of hydrogen-bond acceptors (Lipinski definition) is 6. The van der Waals surface area contributed by atoms with Gasteiger partial charge in [0.1, 0.15) is 11.1 Å². The highest BCUT2D eigenvalue weighted by Gasteiger charge is 2.22. The molecule has 1 aliphatic carbocycles. The second-order valence-electron chi connectivity index (χ2n) is 6.81. The molecule has 0 saturated carbocycles. The molecule has 0 saturated heterocycles. The number of rotatable bonds is 6. The number of nitrogens with zero attached hydrogens (tertiary/aromatic N) is 2. The van der Waals surface area contributed by atoms with Gasteiger partial charge in [-0.2, -0.15) is 5.26 Å². The van der Waals surface area contributed by atoms with Crippen LogP contribution in [0.5, 0.6) is 0 Å². The summed E-state index contributed by atoms with van der Waals surface area (Å²) >= 11 is 1.20. The smallest absolute Gasteiger partial charge is 0.340 e. The summed E-state index contributed by atoms with van der Waals surface area (Å²) in [4.78, 5) is 28.9. The van der Waals surface area contributed by atoms with Gasteiger partial charge in [0.25, 0.3) is 0 Å². The van der Waals surface area contributed by atoms with Crippen molar-refractivity contribution in [2.24, 2.45) is 0 Å². The van der Waals surface area contributed by atoms with Crippen molar-refractivity contribution >= 4 is 23.6 Å². The van der Waals surface area contributed by atoms with Crippen LogP contribution in [0.25, 0.3) is 0 Å². The van der Waals surface area contributed by atoms with Gasteiger partial charge in [-0.15, -0.1) is 0 Å². The molecule has 1 aromatic heterocycles. The minimum absolute atomic E-state index is 0.0179. The number of aromatic nitrogens is 1. The van der Waals surface area contributed by atoms with Gasteiger partial charge in [-0.1, -0.05) is 36.0 Å². The van der Waals surface area contributed by atoms with Crippen molar-refractivity contribution in [1.29, 1.82) is 5.26 Å². The van der Waals surface area contributed by atoms with E-state index in [1.54, 1.807) is 13.8 Å². The molecule has 0 bridgehead atoms. The van der Waals surface area contributed by atoms with Crippen molar-refractivity contribution in [3.8, 4) is 6.07 Å². The van der Waals surface area contributed by atoms with Gasteiger partial charge in [0, 0.05) is 0 Å². The van der Waals surface area contributed by atoms with E-state index >= 15 is 0 Å². The van der Waals surface area contributed by atoms with Crippen LogP contribution in [0.15, 0.2) is 35.4 Å². The Morgan fingerprint density at radius 1 is 1.38 bits per heavy atom. The number of nitriles is 1. The van der Waals surface area contributed by atoms with E-state index in [1.165, 1.54) is 29.0 Å². The number of amides is 1. The number of carbonyl (C=O) groups excluding carboxylic acids is 2. The Balaban J connectivity index is 1.67. The van der Waals surface area contributed by atoms with E-state index in [0.29, 0.717) is 10.7 Å². The molecule has 150 valence electrons. The maximum atomic E-state index is 12.5. The van der Waals surface area contributed by atoms with Crippen LogP contribution in [0, 0.1) is 18.3 Å². The zero-order chi connectivity index (χ0) is 20.8. The first-order valence-electron chi connectivity index (χ1n) is 9.62. The Labute approximate surface area is 174 Å². The normalized spacial score (nSPS) is 15.1. The Morgan fingerprint density at radius 3 is 2.93 bits per heavy atom. The molecule has 1 aliphatic rings. The summed E-state index contributed by atoms with van der Waals surface area (Å²) in [6.07, 6.45) is 3.01. The van der Waals surface area contributed by atoms with E-state index in [2.05, 4.69) is 28.5 Å². The van der Waals surface area contributed by atoms with E-state index in [1.807, 2.05) is 12.1 Å². The molecule has 1 atom stereocenters. The van der Waals surface area contributed by atoms with Gasteiger partial charge in [0.15, 0.2) is 0 Å². The van der Waals surface area contributed by atoms with Crippen molar-refractivity contribution in [3.63, 3.8) is 0 Å². The largest absolute Gasteiger partial charge is 0.462 e. The summed E-state index contributed by atoms with van der Waals surface area (Å²) in [5.41, 5.74) is 3.49. The van der Waals surface area contributed by atoms with Crippen LogP contribution in [0.4, 0.5) is 0 Å². The molecule has 3 rings (SSSR count). The van der Waals surface area contributed by atoms with Gasteiger partial charge in [0.05, 0.1) is 35.2 Å². The van der Waals surface area contributed by atoms with Crippen LogP contribution in [0.2, 0.25) is 0 Å². The van der Waals surface area contributed by atoms with E-state index in [0.717, 1.165) is 19.3 Å². The Bertz CT molecular complexity index is 968. The van der Waals surface area contributed by atoms with Gasteiger partial charge in [-0.05, 0) is 50.3 Å². The average Bonchev–Trinajstić information content (AvgIpc) is 2.72. The zero-order valence-electron chi connectivity index (χ0n) is 16.5. The lowest BCUT2D eigenvalue weighted by atomic mass is 9.88. The fraction of sp³-hybridized carbons (Fsp3) is 0.364. The SMILES string of the molecule is CCOC(=O)c1cc(C#N)c(SCC(=O)N[C@H]2CCCc3ccccc32)nc1C. The van der Waals surface area contributed by atoms with Crippen molar-refractivity contribution in [1.82, 2.24) is 10.3 Å². The maximum absolute atomic E-state index is 12.5. The monoisotopic (exact) mass is 409 g/mol. The van der Waals surface area contributed by atoms with Gasteiger partial charge in [-0.25, -0.2) is 9.78 Å². The fourth-order valence-corrected chi connectivity index (χ4v) is 4.28. The number of ether oxygens (including phenoxy) is 1. The summed E-state index contributed by atoms with van der Waals surface area (Å²) < 4.78 is 5.00. The highest BCUT2D eigenvalue weighted by atomic mass is 32.2. The number of benzene rings is 1. The molecule has 2 aromatic rings. The van der Waals surface area contributed by atoms with E-state index in [9.17, 15) is 14.9 Å². The van der Waals surface area contributed by atoms with Crippen molar-refractivity contribution in [3.05, 3.63) is 58.3 Å². The van der Waals surface area contributed by atoms with Crippen LogP contribution in [-0.4, -0.2) is 29.2 Å². The molecule has 1 N–H and O–H groups in total. The van der Waals surface area contributed by atoms with Crippen LogP contribution < -0.4 is 5.32 Å². The molecule has 0 unspecified atom stereocenters. The lowest BCUT2D eigenvalue weighted by Gasteiger charge is -2.26. The molecule has 0 aliphatic heterocycles. The standard InChI is InChI=1S/C22H23N3O3S/c1-3-28-22(27)18-11-16(12-23)21(24-14(18)2)29-13-20(26)25-19-10-6-8-15-7-4-5-9-17(15)19/h4-5,7,9,11,19H,3,6,8,10,13H2,1-2H3,(H,25,26)/t19-/m0/s1. The minimum atomic E-state index is -0.501. The van der Waals surface area contributed by atoms with E-state index in [-0.39, 0.29) is 35.4 Å². The summed E-state index contributed by atoms with van der Waals surface area (Å²) in [5.74, 6) is -0.452. The summed E-state index contributed by atoms with van der Waals surface area (Å²) in [6, 6.07) is 11.8. The van der Waals surface area contributed by atoms with Crippen LogP contribution in [0.1, 0.15) is 58.5 Å². The average molecular weight is 410 g/mol. The lowest BCUT2D eigenvalue weighted by Crippen LogP contribution is -2.32. The van der Waals surface area contributed by atoms with Crippen molar-refractivity contribution in [2.45, 2.75) is 44.2 Å². The molecule has 0 spiro atoms. The van der Waals surface area contributed by atoms with E-state index in [4.69, 9.17) is 4.74 Å². The number of esters is 1. The number of carbonyl (C=O) groups is 2. The topological polar surface area (TPSA) is 92.1 Å². The minimum Gasteiger partial charge on any atom is -0.462 e. The van der Waals surface area contributed by atoms with E-state index < -0.39 is 5.97 Å². The molecule has 1 amide bonds. The summed E-state index contributed by atoms with van der Waals surface area (Å²) in [6.45, 7) is 3.66.